The molecular weight excluding hydrogens is 295 g/mol. The van der Waals surface area contributed by atoms with Crippen molar-refractivity contribution in [3.05, 3.63) is 58.9 Å². The van der Waals surface area contributed by atoms with Gasteiger partial charge in [0.2, 0.25) is 0 Å². The van der Waals surface area contributed by atoms with Gasteiger partial charge in [-0.25, -0.2) is 4.39 Å². The van der Waals surface area contributed by atoms with E-state index in [0.717, 1.165) is 0 Å². The Morgan fingerprint density at radius 3 is 2.81 bits per heavy atom. The minimum Gasteiger partial charge on any atom is -0.482 e. The maximum absolute atomic E-state index is 13.0. The molecular formula is C15H10ClFN2O2. The van der Waals surface area contributed by atoms with Gasteiger partial charge < -0.3 is 10.1 Å². The lowest BCUT2D eigenvalue weighted by atomic mass is 10.2. The summed E-state index contributed by atoms with van der Waals surface area (Å²) < 4.78 is 18.2. The van der Waals surface area contributed by atoms with Gasteiger partial charge in [-0.15, -0.1) is 0 Å². The molecule has 0 aromatic heterocycles. The van der Waals surface area contributed by atoms with Crippen molar-refractivity contribution in [2.45, 2.75) is 0 Å². The molecule has 2 aromatic carbocycles. The first-order valence-electron chi connectivity index (χ1n) is 5.97. The highest BCUT2D eigenvalue weighted by Gasteiger charge is 2.10. The van der Waals surface area contributed by atoms with Gasteiger partial charge in [0.15, 0.2) is 6.61 Å². The molecule has 0 atom stereocenters. The van der Waals surface area contributed by atoms with Crippen LogP contribution >= 0.6 is 11.6 Å². The molecule has 0 bridgehead atoms. The number of carbonyl (C=O) groups is 1. The predicted octanol–water partition coefficient (Wildman–Crippen LogP) is 3.37. The lowest BCUT2D eigenvalue weighted by Gasteiger charge is -2.09. The first kappa shape index (κ1) is 14.8. The molecule has 0 fully saturated rings. The Morgan fingerprint density at radius 1 is 1.33 bits per heavy atom. The Labute approximate surface area is 125 Å². The number of ether oxygens (including phenoxy) is 1. The molecule has 0 aliphatic rings. The lowest BCUT2D eigenvalue weighted by molar-refractivity contribution is -0.118. The Morgan fingerprint density at radius 2 is 2.10 bits per heavy atom. The second-order valence-corrected chi connectivity index (χ2v) is 4.48. The van der Waals surface area contributed by atoms with Crippen LogP contribution in [0.2, 0.25) is 5.02 Å². The number of anilines is 1. The Bertz CT molecular complexity index is 713. The molecule has 0 heterocycles. The van der Waals surface area contributed by atoms with E-state index in [0.29, 0.717) is 5.69 Å². The predicted molar refractivity (Wildman–Crippen MR) is 76.7 cm³/mol. The minimum absolute atomic E-state index is 0.165. The molecule has 0 saturated carbocycles. The zero-order valence-electron chi connectivity index (χ0n) is 10.8. The van der Waals surface area contributed by atoms with Crippen molar-refractivity contribution in [2.75, 3.05) is 11.9 Å². The van der Waals surface area contributed by atoms with E-state index in [2.05, 4.69) is 5.32 Å². The molecule has 106 valence electrons. The number of carbonyl (C=O) groups excluding carboxylic acids is 1. The van der Waals surface area contributed by atoms with E-state index in [1.165, 1.54) is 18.2 Å². The van der Waals surface area contributed by atoms with Crippen LogP contribution in [-0.2, 0) is 4.79 Å². The Hall–Kier alpha value is -2.58. The summed E-state index contributed by atoms with van der Waals surface area (Å²) in [5.41, 5.74) is 0.493. The number of halogens is 2. The van der Waals surface area contributed by atoms with Gasteiger partial charge in [0.05, 0.1) is 5.02 Å². The standard InChI is InChI=1S/C15H10ClFN2O2/c16-13-5-2-6-14(12(13)8-18)21-9-15(20)19-11-4-1-3-10(17)7-11/h1-7H,9H2,(H,19,20). The van der Waals surface area contributed by atoms with E-state index in [4.69, 9.17) is 21.6 Å². The van der Waals surface area contributed by atoms with E-state index in [-0.39, 0.29) is 22.9 Å². The van der Waals surface area contributed by atoms with Crippen LogP contribution in [0.5, 0.6) is 5.75 Å². The number of amides is 1. The largest absolute Gasteiger partial charge is 0.482 e. The third-order valence-electron chi connectivity index (χ3n) is 2.55. The summed E-state index contributed by atoms with van der Waals surface area (Å²) in [6, 6.07) is 12.1. The van der Waals surface area contributed by atoms with Crippen molar-refractivity contribution in [2.24, 2.45) is 0 Å². The second kappa shape index (κ2) is 6.73. The third-order valence-corrected chi connectivity index (χ3v) is 2.87. The van der Waals surface area contributed by atoms with Gasteiger partial charge in [-0.05, 0) is 30.3 Å². The number of nitriles is 1. The third kappa shape index (κ3) is 3.94. The molecule has 0 aliphatic heterocycles. The highest BCUT2D eigenvalue weighted by atomic mass is 35.5. The number of nitrogens with one attached hydrogen (secondary N) is 1. The fourth-order valence-corrected chi connectivity index (χ4v) is 1.85. The molecule has 21 heavy (non-hydrogen) atoms. The number of nitrogens with zero attached hydrogens (tertiary/aromatic N) is 1. The number of hydrogen-bond acceptors (Lipinski definition) is 3. The maximum atomic E-state index is 13.0. The van der Waals surface area contributed by atoms with Crippen LogP contribution in [0.1, 0.15) is 5.56 Å². The summed E-state index contributed by atoms with van der Waals surface area (Å²) in [5.74, 6) is -0.695. The van der Waals surface area contributed by atoms with Gasteiger partial charge in [-0.3, -0.25) is 4.79 Å². The van der Waals surface area contributed by atoms with Crippen LogP contribution in [0.4, 0.5) is 10.1 Å². The number of hydrogen-bond donors (Lipinski definition) is 1. The highest BCUT2D eigenvalue weighted by Crippen LogP contribution is 2.25. The van der Waals surface area contributed by atoms with E-state index in [9.17, 15) is 9.18 Å². The quantitative estimate of drug-likeness (QED) is 0.942. The smallest absolute Gasteiger partial charge is 0.262 e. The fraction of sp³-hybridized carbons (Fsp3) is 0.0667. The van der Waals surface area contributed by atoms with Crippen molar-refractivity contribution in [3.8, 4) is 11.8 Å². The Balaban J connectivity index is 1.99. The summed E-state index contributed by atoms with van der Waals surface area (Å²) in [5, 5.41) is 11.7. The highest BCUT2D eigenvalue weighted by molar-refractivity contribution is 6.31. The number of benzene rings is 2. The summed E-state index contributed by atoms with van der Waals surface area (Å²) in [4.78, 5) is 11.7. The van der Waals surface area contributed by atoms with Crippen LogP contribution in [0.3, 0.4) is 0 Å². The molecule has 0 unspecified atom stereocenters. The molecule has 1 N–H and O–H groups in total. The van der Waals surface area contributed by atoms with Crippen molar-refractivity contribution < 1.29 is 13.9 Å². The normalized spacial score (nSPS) is 9.76. The first-order valence-corrected chi connectivity index (χ1v) is 6.35. The Kier molecular flexibility index (Phi) is 4.75. The first-order chi connectivity index (χ1) is 10.1. The van der Waals surface area contributed by atoms with Crippen molar-refractivity contribution in [3.63, 3.8) is 0 Å². The van der Waals surface area contributed by atoms with Crippen LogP contribution < -0.4 is 10.1 Å². The molecule has 0 spiro atoms. The van der Waals surface area contributed by atoms with Gasteiger partial charge in [0, 0.05) is 5.69 Å². The van der Waals surface area contributed by atoms with Crippen LogP contribution in [0.15, 0.2) is 42.5 Å². The number of rotatable bonds is 4. The average molecular weight is 305 g/mol. The zero-order chi connectivity index (χ0) is 15.2. The second-order valence-electron chi connectivity index (χ2n) is 4.07. The topological polar surface area (TPSA) is 62.1 Å². The fourth-order valence-electron chi connectivity index (χ4n) is 1.64. The van der Waals surface area contributed by atoms with Crippen molar-refractivity contribution in [1.82, 2.24) is 0 Å². The molecule has 0 radical (unpaired) electrons. The summed E-state index contributed by atoms with van der Waals surface area (Å²) in [6.07, 6.45) is 0. The van der Waals surface area contributed by atoms with E-state index >= 15 is 0 Å². The van der Waals surface area contributed by atoms with Gasteiger partial charge in [0.25, 0.3) is 5.91 Å². The van der Waals surface area contributed by atoms with E-state index in [1.54, 1.807) is 24.3 Å². The molecule has 4 nitrogen and oxygen atoms in total. The average Bonchev–Trinajstić information content (AvgIpc) is 2.45. The van der Waals surface area contributed by atoms with Crippen molar-refractivity contribution >= 4 is 23.2 Å². The van der Waals surface area contributed by atoms with Gasteiger partial charge in [-0.1, -0.05) is 23.7 Å². The molecule has 2 rings (SSSR count). The van der Waals surface area contributed by atoms with Crippen LogP contribution in [-0.4, -0.2) is 12.5 Å². The minimum atomic E-state index is -0.468. The van der Waals surface area contributed by atoms with Gasteiger partial charge in [0.1, 0.15) is 23.2 Å². The molecule has 1 amide bonds. The monoisotopic (exact) mass is 304 g/mol. The van der Waals surface area contributed by atoms with Crippen LogP contribution in [0, 0.1) is 17.1 Å². The SMILES string of the molecule is N#Cc1c(Cl)cccc1OCC(=O)Nc1cccc(F)c1. The van der Waals surface area contributed by atoms with E-state index in [1.807, 2.05) is 6.07 Å². The molecule has 2 aromatic rings. The summed E-state index contributed by atoms with van der Waals surface area (Å²) in [6.45, 7) is -0.314. The summed E-state index contributed by atoms with van der Waals surface area (Å²) in [7, 11) is 0. The zero-order valence-corrected chi connectivity index (χ0v) is 11.5. The van der Waals surface area contributed by atoms with Gasteiger partial charge in [-0.2, -0.15) is 5.26 Å². The maximum Gasteiger partial charge on any atom is 0.262 e. The van der Waals surface area contributed by atoms with Crippen LogP contribution in [0.25, 0.3) is 0 Å². The molecule has 6 heteroatoms. The molecule has 0 aliphatic carbocycles. The van der Waals surface area contributed by atoms with Crippen molar-refractivity contribution in [1.29, 1.82) is 5.26 Å². The molecule has 0 saturated heterocycles. The van der Waals surface area contributed by atoms with E-state index < -0.39 is 11.7 Å². The summed E-state index contributed by atoms with van der Waals surface area (Å²) >= 11 is 5.85. The van der Waals surface area contributed by atoms with Gasteiger partial charge >= 0.3 is 0 Å². The lowest BCUT2D eigenvalue weighted by Crippen LogP contribution is -2.20.